The Hall–Kier alpha value is -7.73. The van der Waals surface area contributed by atoms with E-state index >= 15 is 0 Å². The van der Waals surface area contributed by atoms with Crippen molar-refractivity contribution in [2.75, 3.05) is 9.80 Å². The van der Waals surface area contributed by atoms with Gasteiger partial charge >= 0.3 is 18.5 Å². The second kappa shape index (κ2) is 14.6. The van der Waals surface area contributed by atoms with Crippen LogP contribution < -0.4 is 9.80 Å². The lowest BCUT2D eigenvalue weighted by atomic mass is 9.98. The molecule has 0 aliphatic heterocycles. The van der Waals surface area contributed by atoms with Crippen LogP contribution in [0.5, 0.6) is 0 Å². The zero-order valence-electron chi connectivity index (χ0n) is 34.5. The SMILES string of the molecule is Cc1ccc(N(c2ccc(C(F)(F)F)cc2)c2ccc3cc4c5ccc(N(c6ccc(C(F)(F)F)cc6)c6ccc(C(F)(F)F)cc6)cc5n5c6cc7ccccc7cc6c(c3c2)c45)cc1. The minimum Gasteiger partial charge on any atom is -0.310 e. The van der Waals surface area contributed by atoms with Crippen LogP contribution in [0.15, 0.2) is 176 Å². The van der Waals surface area contributed by atoms with E-state index < -0.39 is 35.2 Å². The van der Waals surface area contributed by atoms with E-state index in [1.165, 1.54) is 36.4 Å². The number of rotatable bonds is 6. The average Bonchev–Trinajstić information content (AvgIpc) is 3.79. The highest BCUT2D eigenvalue weighted by molar-refractivity contribution is 6.32. The van der Waals surface area contributed by atoms with Gasteiger partial charge < -0.3 is 14.2 Å². The molecule has 0 aliphatic rings. The zero-order chi connectivity index (χ0) is 45.9. The maximum absolute atomic E-state index is 13.7. The molecule has 0 aliphatic carbocycles. The van der Waals surface area contributed by atoms with Crippen LogP contribution in [0.4, 0.5) is 73.6 Å². The Balaban J connectivity index is 1.17. The highest BCUT2D eigenvalue weighted by atomic mass is 19.4. The van der Waals surface area contributed by atoms with Crippen LogP contribution in [0.1, 0.15) is 22.3 Å². The number of aromatic nitrogens is 1. The van der Waals surface area contributed by atoms with Crippen molar-refractivity contribution >= 4 is 93.8 Å². The van der Waals surface area contributed by atoms with Crippen LogP contribution in [0.3, 0.4) is 0 Å². The number of hydrogen-bond donors (Lipinski definition) is 0. The van der Waals surface area contributed by atoms with Crippen LogP contribution in [0, 0.1) is 6.92 Å². The predicted octanol–water partition coefficient (Wildman–Crippen LogP) is 17.4. The molecule has 0 unspecified atom stereocenters. The number of benzene rings is 9. The maximum atomic E-state index is 13.7. The summed E-state index contributed by atoms with van der Waals surface area (Å²) in [5.41, 5.74) is 4.12. The third-order valence-corrected chi connectivity index (χ3v) is 12.4. The Morgan fingerprint density at radius 2 is 0.758 bits per heavy atom. The van der Waals surface area contributed by atoms with Crippen molar-refractivity contribution in [3.05, 3.63) is 198 Å². The van der Waals surface area contributed by atoms with Gasteiger partial charge in [0.2, 0.25) is 0 Å². The molecule has 11 aromatic rings. The summed E-state index contributed by atoms with van der Waals surface area (Å²) in [6.07, 6.45) is -13.7. The van der Waals surface area contributed by atoms with E-state index in [4.69, 9.17) is 0 Å². The molecule has 0 fully saturated rings. The van der Waals surface area contributed by atoms with Gasteiger partial charge in [0.15, 0.2) is 0 Å². The van der Waals surface area contributed by atoms with Gasteiger partial charge in [0.05, 0.1) is 33.2 Å². The summed E-state index contributed by atoms with van der Waals surface area (Å²) in [5, 5.41) is 7.41. The first-order valence-electron chi connectivity index (χ1n) is 20.8. The van der Waals surface area contributed by atoms with Crippen LogP contribution in [0.2, 0.25) is 0 Å². The number of aryl methyl sites for hydroxylation is 1. The summed E-state index contributed by atoms with van der Waals surface area (Å²) < 4.78 is 126. The first-order valence-corrected chi connectivity index (χ1v) is 20.8. The normalized spacial score (nSPS) is 12.7. The molecule has 326 valence electrons. The third-order valence-electron chi connectivity index (χ3n) is 12.4. The van der Waals surface area contributed by atoms with E-state index in [9.17, 15) is 39.5 Å². The molecule has 0 bridgehead atoms. The van der Waals surface area contributed by atoms with E-state index in [0.29, 0.717) is 28.4 Å². The zero-order valence-corrected chi connectivity index (χ0v) is 34.5. The molecule has 0 atom stereocenters. The fraction of sp³-hybridized carbons (Fsp3) is 0.0741. The topological polar surface area (TPSA) is 10.9 Å². The van der Waals surface area contributed by atoms with Gasteiger partial charge in [-0.05, 0) is 156 Å². The Labute approximate surface area is 370 Å². The maximum Gasteiger partial charge on any atom is 0.416 e. The molecule has 2 heterocycles. The molecule has 0 saturated heterocycles. The smallest absolute Gasteiger partial charge is 0.310 e. The van der Waals surface area contributed by atoms with Crippen LogP contribution in [-0.4, -0.2) is 4.40 Å². The van der Waals surface area contributed by atoms with Gasteiger partial charge in [0.1, 0.15) is 0 Å². The van der Waals surface area contributed by atoms with E-state index in [1.54, 1.807) is 11.0 Å². The van der Waals surface area contributed by atoms with Gasteiger partial charge in [-0.25, -0.2) is 0 Å². The van der Waals surface area contributed by atoms with Crippen LogP contribution in [-0.2, 0) is 18.5 Å². The minimum absolute atomic E-state index is 0.302. The van der Waals surface area contributed by atoms with Gasteiger partial charge in [-0.2, -0.15) is 39.5 Å². The molecule has 11 rings (SSSR count). The fourth-order valence-corrected chi connectivity index (χ4v) is 9.26. The molecule has 0 radical (unpaired) electrons. The minimum atomic E-state index is -4.60. The monoisotopic (exact) mass is 893 g/mol. The van der Waals surface area contributed by atoms with E-state index in [-0.39, 0.29) is 0 Å². The molecule has 3 nitrogen and oxygen atoms in total. The second-order valence-electron chi connectivity index (χ2n) is 16.4. The average molecular weight is 894 g/mol. The summed E-state index contributed by atoms with van der Waals surface area (Å²) in [7, 11) is 0. The summed E-state index contributed by atoms with van der Waals surface area (Å²) in [6, 6.07) is 47.7. The summed E-state index contributed by atoms with van der Waals surface area (Å²) >= 11 is 0. The number of halogens is 9. The summed E-state index contributed by atoms with van der Waals surface area (Å²) in [5.74, 6) is 0. The molecule has 9 aromatic carbocycles. The van der Waals surface area contributed by atoms with Crippen molar-refractivity contribution in [1.29, 1.82) is 0 Å². The molecule has 0 saturated carbocycles. The Morgan fingerprint density at radius 1 is 0.348 bits per heavy atom. The lowest BCUT2D eigenvalue weighted by molar-refractivity contribution is -0.138. The lowest BCUT2D eigenvalue weighted by Crippen LogP contribution is -2.12. The molecule has 2 aromatic heterocycles. The quantitative estimate of drug-likeness (QED) is 0.154. The highest BCUT2D eigenvalue weighted by Crippen LogP contribution is 2.48. The van der Waals surface area contributed by atoms with E-state index in [0.717, 1.165) is 107 Å². The first-order chi connectivity index (χ1) is 31.5. The van der Waals surface area contributed by atoms with Crippen molar-refractivity contribution in [3.8, 4) is 0 Å². The standard InChI is InChI=1S/C54H32F9N3/c1-31-6-15-38(16-7-31)64(39-18-9-35(10-19-39)52(55,56)57)42-17-8-34-27-46-44-25-24-43(65(40-20-11-36(12-21-40)53(58,59)60)41-22-13-37(14-23-41)54(61,62)63)30-49(44)66-48-28-33-5-3-2-4-32(33)26-47(48)50(51(46)66)45(34)29-42/h2-30H,1H3. The largest absolute Gasteiger partial charge is 0.416 e. The van der Waals surface area contributed by atoms with Crippen LogP contribution in [0.25, 0.3) is 59.6 Å². The van der Waals surface area contributed by atoms with Crippen molar-refractivity contribution < 1.29 is 39.5 Å². The lowest BCUT2D eigenvalue weighted by Gasteiger charge is -2.26. The molecule has 66 heavy (non-hydrogen) atoms. The third kappa shape index (κ3) is 6.78. The molecular formula is C54H32F9N3. The number of fused-ring (bicyclic) bond motifs is 9. The Bertz CT molecular complexity index is 3590. The Morgan fingerprint density at radius 3 is 1.26 bits per heavy atom. The van der Waals surface area contributed by atoms with Gasteiger partial charge in [0.25, 0.3) is 0 Å². The summed E-state index contributed by atoms with van der Waals surface area (Å²) in [6.45, 7) is 1.96. The van der Waals surface area contributed by atoms with Gasteiger partial charge in [-0.15, -0.1) is 0 Å². The highest BCUT2D eigenvalue weighted by Gasteiger charge is 2.33. The van der Waals surface area contributed by atoms with E-state index in [2.05, 4.69) is 28.7 Å². The summed E-state index contributed by atoms with van der Waals surface area (Å²) in [4.78, 5) is 3.55. The number of anilines is 6. The van der Waals surface area contributed by atoms with Gasteiger partial charge in [-0.1, -0.05) is 54.1 Å². The molecule has 12 heteroatoms. The number of alkyl halides is 9. The Kier molecular flexibility index (Phi) is 9.10. The first kappa shape index (κ1) is 41.0. The van der Waals surface area contributed by atoms with E-state index in [1.807, 2.05) is 84.6 Å². The van der Waals surface area contributed by atoms with Crippen molar-refractivity contribution in [2.24, 2.45) is 0 Å². The van der Waals surface area contributed by atoms with Gasteiger partial charge in [-0.3, -0.25) is 0 Å². The second-order valence-corrected chi connectivity index (χ2v) is 16.4. The number of nitrogens with zero attached hydrogens (tertiary/aromatic N) is 3. The van der Waals surface area contributed by atoms with Crippen molar-refractivity contribution in [1.82, 2.24) is 4.40 Å². The molecule has 0 N–H and O–H groups in total. The van der Waals surface area contributed by atoms with Crippen molar-refractivity contribution in [3.63, 3.8) is 0 Å². The van der Waals surface area contributed by atoms with Crippen molar-refractivity contribution in [2.45, 2.75) is 25.5 Å². The fourth-order valence-electron chi connectivity index (χ4n) is 9.26. The van der Waals surface area contributed by atoms with Crippen LogP contribution >= 0.6 is 0 Å². The van der Waals surface area contributed by atoms with Gasteiger partial charge in [0, 0.05) is 55.7 Å². The molecule has 0 amide bonds. The molecule has 0 spiro atoms. The predicted molar refractivity (Wildman–Crippen MR) is 245 cm³/mol. The molecular weight excluding hydrogens is 862 g/mol. The number of hydrogen-bond acceptors (Lipinski definition) is 2.